The van der Waals surface area contributed by atoms with Crippen LogP contribution in [0.5, 0.6) is 0 Å². The van der Waals surface area contributed by atoms with Crippen LogP contribution in [-0.4, -0.2) is 47.9 Å². The van der Waals surface area contributed by atoms with E-state index in [1.54, 1.807) is 0 Å². The molecule has 0 bridgehead atoms. The van der Waals surface area contributed by atoms with Crippen LogP contribution in [0.1, 0.15) is 50.4 Å². The smallest absolute Gasteiger partial charge is 0.315 e. The van der Waals surface area contributed by atoms with E-state index < -0.39 is 10.0 Å². The van der Waals surface area contributed by atoms with E-state index in [-0.39, 0.29) is 6.03 Å². The van der Waals surface area contributed by atoms with Gasteiger partial charge in [0.25, 0.3) is 0 Å². The molecule has 0 aromatic carbocycles. The lowest BCUT2D eigenvalue weighted by atomic mass is 10.2. The maximum absolute atomic E-state index is 11.8. The number of hydrogen-bond donors (Lipinski definition) is 2. The van der Waals surface area contributed by atoms with E-state index in [2.05, 4.69) is 22.7 Å². The summed E-state index contributed by atoms with van der Waals surface area (Å²) in [4.78, 5) is 11.8. The van der Waals surface area contributed by atoms with Crippen LogP contribution in [0, 0.1) is 0 Å². The van der Waals surface area contributed by atoms with Crippen LogP contribution < -0.4 is 10.6 Å². The lowest BCUT2D eigenvalue weighted by molar-refractivity contribution is 0.240. The second-order valence-corrected chi connectivity index (χ2v) is 8.45. The van der Waals surface area contributed by atoms with Gasteiger partial charge < -0.3 is 10.6 Å². The standard InChI is InChI=1S/C16H29N5O3S/c1-3-4-5-6-8-17-16(22)18-12-14-11-15-13-20(25(2,23)24)9-7-10-21(15)19-14/h11H,3-10,12-13H2,1-2H3,(H2,17,18,22). The highest BCUT2D eigenvalue weighted by molar-refractivity contribution is 7.88. The summed E-state index contributed by atoms with van der Waals surface area (Å²) >= 11 is 0. The highest BCUT2D eigenvalue weighted by Crippen LogP contribution is 2.16. The second-order valence-electron chi connectivity index (χ2n) is 6.47. The van der Waals surface area contributed by atoms with Gasteiger partial charge in [0.15, 0.2) is 0 Å². The number of unbranched alkanes of at least 4 members (excludes halogenated alkanes) is 3. The molecule has 142 valence electrons. The summed E-state index contributed by atoms with van der Waals surface area (Å²) in [6.07, 6.45) is 6.43. The summed E-state index contributed by atoms with van der Waals surface area (Å²) in [6, 6.07) is 1.67. The molecule has 0 saturated heterocycles. The van der Waals surface area contributed by atoms with Gasteiger partial charge in [-0.3, -0.25) is 4.68 Å². The number of hydrogen-bond acceptors (Lipinski definition) is 4. The molecule has 0 spiro atoms. The number of amides is 2. The zero-order valence-corrected chi connectivity index (χ0v) is 15.9. The largest absolute Gasteiger partial charge is 0.338 e. The molecule has 25 heavy (non-hydrogen) atoms. The van der Waals surface area contributed by atoms with Crippen LogP contribution >= 0.6 is 0 Å². The highest BCUT2D eigenvalue weighted by Gasteiger charge is 2.22. The normalized spacial score (nSPS) is 15.4. The molecule has 1 aromatic heterocycles. The number of urea groups is 1. The van der Waals surface area contributed by atoms with Crippen molar-refractivity contribution in [3.63, 3.8) is 0 Å². The Bertz CT molecular complexity index is 671. The minimum absolute atomic E-state index is 0.197. The number of aromatic nitrogens is 2. The van der Waals surface area contributed by atoms with Gasteiger partial charge in [0, 0.05) is 19.6 Å². The fourth-order valence-corrected chi connectivity index (χ4v) is 3.68. The van der Waals surface area contributed by atoms with Gasteiger partial charge in [-0.2, -0.15) is 9.40 Å². The molecule has 0 saturated carbocycles. The molecule has 1 aliphatic heterocycles. The van der Waals surface area contributed by atoms with Crippen molar-refractivity contribution in [2.75, 3.05) is 19.3 Å². The third-order valence-electron chi connectivity index (χ3n) is 4.24. The predicted octanol–water partition coefficient (Wildman–Crippen LogP) is 1.43. The average molecular weight is 372 g/mol. The Hall–Kier alpha value is -1.61. The summed E-state index contributed by atoms with van der Waals surface area (Å²) in [6.45, 7) is 4.69. The topological polar surface area (TPSA) is 96.3 Å². The maximum Gasteiger partial charge on any atom is 0.315 e. The molecular weight excluding hydrogens is 342 g/mol. The SMILES string of the molecule is CCCCCCNC(=O)NCc1cc2n(n1)CCCN(S(C)(=O)=O)C2. The van der Waals surface area contributed by atoms with Crippen molar-refractivity contribution in [3.05, 3.63) is 17.5 Å². The summed E-state index contributed by atoms with van der Waals surface area (Å²) in [7, 11) is -3.21. The van der Waals surface area contributed by atoms with Crippen molar-refractivity contribution in [2.24, 2.45) is 0 Å². The average Bonchev–Trinajstić information content (AvgIpc) is 2.81. The second kappa shape index (κ2) is 9.19. The van der Waals surface area contributed by atoms with Crippen molar-refractivity contribution in [2.45, 2.75) is 58.7 Å². The van der Waals surface area contributed by atoms with Crippen LogP contribution in [0.25, 0.3) is 0 Å². The van der Waals surface area contributed by atoms with Gasteiger partial charge in [0.1, 0.15) is 0 Å². The monoisotopic (exact) mass is 371 g/mol. The summed E-state index contributed by atoms with van der Waals surface area (Å²) in [5.74, 6) is 0. The van der Waals surface area contributed by atoms with E-state index in [1.807, 2.05) is 10.7 Å². The molecule has 1 aromatic rings. The van der Waals surface area contributed by atoms with Crippen LogP contribution in [0.15, 0.2) is 6.07 Å². The van der Waals surface area contributed by atoms with Gasteiger partial charge in [0.2, 0.25) is 10.0 Å². The first-order valence-electron chi connectivity index (χ1n) is 8.92. The highest BCUT2D eigenvalue weighted by atomic mass is 32.2. The van der Waals surface area contributed by atoms with Crippen molar-refractivity contribution >= 4 is 16.1 Å². The molecule has 8 nitrogen and oxygen atoms in total. The molecule has 0 fully saturated rings. The Labute approximate surface area is 150 Å². The number of nitrogens with one attached hydrogen (secondary N) is 2. The van der Waals surface area contributed by atoms with Gasteiger partial charge in [-0.15, -0.1) is 0 Å². The predicted molar refractivity (Wildman–Crippen MR) is 96.5 cm³/mol. The van der Waals surface area contributed by atoms with Gasteiger partial charge in [-0.1, -0.05) is 26.2 Å². The van der Waals surface area contributed by atoms with Crippen LogP contribution in [0.3, 0.4) is 0 Å². The van der Waals surface area contributed by atoms with Gasteiger partial charge >= 0.3 is 6.03 Å². The molecule has 0 radical (unpaired) electrons. The molecule has 2 amide bonds. The van der Waals surface area contributed by atoms with Gasteiger partial charge in [-0.25, -0.2) is 13.2 Å². The number of sulfonamides is 1. The number of fused-ring (bicyclic) bond motifs is 1. The molecule has 0 atom stereocenters. The Kier molecular flexibility index (Phi) is 7.24. The van der Waals surface area contributed by atoms with E-state index in [0.29, 0.717) is 32.7 Å². The van der Waals surface area contributed by atoms with E-state index in [9.17, 15) is 13.2 Å². The molecule has 2 rings (SSSR count). The number of carbonyl (C=O) groups excluding carboxylic acids is 1. The van der Waals surface area contributed by atoms with E-state index in [4.69, 9.17) is 0 Å². The lowest BCUT2D eigenvalue weighted by Crippen LogP contribution is -2.35. The van der Waals surface area contributed by atoms with Crippen LogP contribution in [-0.2, 0) is 29.7 Å². The van der Waals surface area contributed by atoms with Crippen molar-refractivity contribution in [1.29, 1.82) is 0 Å². The molecule has 2 N–H and O–H groups in total. The van der Waals surface area contributed by atoms with Gasteiger partial charge in [-0.05, 0) is 18.9 Å². The summed E-state index contributed by atoms with van der Waals surface area (Å²) in [5.41, 5.74) is 1.60. The zero-order chi connectivity index (χ0) is 18.3. The third kappa shape index (κ3) is 6.32. The first-order chi connectivity index (χ1) is 11.9. The molecule has 1 aliphatic rings. The first kappa shape index (κ1) is 19.7. The molecule has 0 aliphatic carbocycles. The van der Waals surface area contributed by atoms with Crippen molar-refractivity contribution in [3.8, 4) is 0 Å². The number of aryl methyl sites for hydroxylation is 1. The number of rotatable bonds is 8. The Morgan fingerprint density at radius 2 is 2.04 bits per heavy atom. The molecule has 2 heterocycles. The maximum atomic E-state index is 11.8. The van der Waals surface area contributed by atoms with Crippen LogP contribution in [0.4, 0.5) is 4.79 Å². The zero-order valence-electron chi connectivity index (χ0n) is 15.1. The summed E-state index contributed by atoms with van der Waals surface area (Å²) in [5, 5.41) is 10.1. The third-order valence-corrected chi connectivity index (χ3v) is 5.49. The lowest BCUT2D eigenvalue weighted by Gasteiger charge is -2.16. The molecule has 9 heteroatoms. The summed E-state index contributed by atoms with van der Waals surface area (Å²) < 4.78 is 26.8. The van der Waals surface area contributed by atoms with Crippen LogP contribution in [0.2, 0.25) is 0 Å². The first-order valence-corrected chi connectivity index (χ1v) is 10.8. The fraction of sp³-hybridized carbons (Fsp3) is 0.750. The minimum Gasteiger partial charge on any atom is -0.338 e. The van der Waals surface area contributed by atoms with Gasteiger partial charge in [0.05, 0.1) is 30.7 Å². The van der Waals surface area contributed by atoms with Crippen molar-refractivity contribution < 1.29 is 13.2 Å². The van der Waals surface area contributed by atoms with Crippen molar-refractivity contribution in [1.82, 2.24) is 24.7 Å². The van der Waals surface area contributed by atoms with E-state index in [0.717, 1.165) is 30.7 Å². The Balaban J connectivity index is 1.82. The Morgan fingerprint density at radius 1 is 1.24 bits per heavy atom. The van der Waals surface area contributed by atoms with E-state index >= 15 is 0 Å². The quantitative estimate of drug-likeness (QED) is 0.676. The minimum atomic E-state index is -3.21. The number of nitrogens with zero attached hydrogens (tertiary/aromatic N) is 3. The molecular formula is C16H29N5O3S. The number of carbonyl (C=O) groups is 1. The Morgan fingerprint density at radius 3 is 2.76 bits per heavy atom. The molecule has 0 unspecified atom stereocenters. The fourth-order valence-electron chi connectivity index (χ4n) is 2.85. The van der Waals surface area contributed by atoms with E-state index in [1.165, 1.54) is 23.4 Å².